The molecular formula is C24H24N2O5. The Balaban J connectivity index is 1.96. The Labute approximate surface area is 180 Å². The van der Waals surface area contributed by atoms with Crippen molar-refractivity contribution in [3.8, 4) is 17.2 Å². The van der Waals surface area contributed by atoms with Gasteiger partial charge in [-0.3, -0.25) is 20.4 Å². The molecule has 3 aromatic carbocycles. The van der Waals surface area contributed by atoms with Crippen molar-refractivity contribution in [1.82, 2.24) is 5.43 Å². The van der Waals surface area contributed by atoms with Gasteiger partial charge in [0.2, 0.25) is 5.75 Å². The lowest BCUT2D eigenvalue weighted by atomic mass is 9.89. The van der Waals surface area contributed by atoms with E-state index < -0.39 is 17.6 Å². The van der Waals surface area contributed by atoms with Crippen molar-refractivity contribution >= 4 is 17.4 Å². The Bertz CT molecular complexity index is 1010. The number of hydrogen-bond donors (Lipinski definition) is 2. The number of hydrogen-bond acceptors (Lipinski definition) is 6. The number of benzene rings is 3. The number of ether oxygens (including phenoxy) is 3. The average Bonchev–Trinajstić information content (AvgIpc) is 2.83. The smallest absolute Gasteiger partial charge is 0.253 e. The first-order valence-electron chi connectivity index (χ1n) is 9.59. The molecule has 0 aliphatic heterocycles. The van der Waals surface area contributed by atoms with E-state index in [1.54, 1.807) is 36.4 Å². The highest BCUT2D eigenvalue weighted by molar-refractivity contribution is 6.15. The molecule has 1 amide bonds. The molecular weight excluding hydrogens is 396 g/mol. The van der Waals surface area contributed by atoms with Gasteiger partial charge in [-0.15, -0.1) is 0 Å². The zero-order valence-corrected chi connectivity index (χ0v) is 17.5. The molecule has 0 radical (unpaired) electrons. The first-order chi connectivity index (χ1) is 15.1. The Kier molecular flexibility index (Phi) is 7.11. The van der Waals surface area contributed by atoms with Gasteiger partial charge in [-0.1, -0.05) is 48.5 Å². The summed E-state index contributed by atoms with van der Waals surface area (Å²) in [5.41, 5.74) is 7.00. The van der Waals surface area contributed by atoms with E-state index in [1.807, 2.05) is 24.3 Å². The molecule has 0 saturated heterocycles. The van der Waals surface area contributed by atoms with E-state index in [2.05, 4.69) is 10.9 Å². The SMILES string of the molecule is COc1cc(C(=O)C(C(=O)NNc2ccccc2)c2ccccc2)cc(OC)c1OC. The predicted molar refractivity (Wildman–Crippen MR) is 118 cm³/mol. The van der Waals surface area contributed by atoms with Gasteiger partial charge in [-0.2, -0.15) is 0 Å². The molecule has 0 spiro atoms. The molecule has 31 heavy (non-hydrogen) atoms. The lowest BCUT2D eigenvalue weighted by Crippen LogP contribution is -2.37. The number of ketones is 1. The molecule has 0 aliphatic carbocycles. The van der Waals surface area contributed by atoms with Gasteiger partial charge in [-0.05, 0) is 29.8 Å². The molecule has 3 aromatic rings. The minimum atomic E-state index is -1.08. The summed E-state index contributed by atoms with van der Waals surface area (Å²) in [6, 6.07) is 21.1. The number of rotatable bonds is 9. The van der Waals surface area contributed by atoms with Crippen LogP contribution in [0.1, 0.15) is 21.8 Å². The third kappa shape index (κ3) is 4.95. The van der Waals surface area contributed by atoms with Crippen LogP contribution in [-0.4, -0.2) is 33.0 Å². The number of carbonyl (C=O) groups excluding carboxylic acids is 2. The standard InChI is InChI=1S/C24H24N2O5/c1-29-19-14-17(15-20(30-2)23(19)31-3)22(27)21(16-10-6-4-7-11-16)24(28)26-25-18-12-8-5-9-13-18/h4-15,21,25H,1-3H3,(H,26,28). The molecule has 0 aromatic heterocycles. The summed E-state index contributed by atoms with van der Waals surface area (Å²) in [5.74, 6) is -0.945. The molecule has 0 saturated carbocycles. The fraction of sp³-hybridized carbons (Fsp3) is 0.167. The van der Waals surface area contributed by atoms with Crippen LogP contribution in [0.25, 0.3) is 0 Å². The molecule has 1 unspecified atom stereocenters. The first kappa shape index (κ1) is 21.7. The summed E-state index contributed by atoms with van der Waals surface area (Å²) in [4.78, 5) is 26.6. The highest BCUT2D eigenvalue weighted by Crippen LogP contribution is 2.39. The quantitative estimate of drug-likeness (QED) is 0.311. The van der Waals surface area contributed by atoms with Crippen LogP contribution < -0.4 is 25.1 Å². The zero-order valence-electron chi connectivity index (χ0n) is 17.5. The molecule has 0 fully saturated rings. The predicted octanol–water partition coefficient (Wildman–Crippen LogP) is 3.82. The molecule has 0 heterocycles. The zero-order chi connectivity index (χ0) is 22.2. The summed E-state index contributed by atoms with van der Waals surface area (Å²) in [6.07, 6.45) is 0. The fourth-order valence-electron chi connectivity index (χ4n) is 3.18. The minimum absolute atomic E-state index is 0.262. The Morgan fingerprint density at radius 3 is 1.84 bits per heavy atom. The van der Waals surface area contributed by atoms with E-state index in [0.29, 0.717) is 28.5 Å². The number of amides is 1. The van der Waals surface area contributed by atoms with Crippen molar-refractivity contribution in [2.45, 2.75) is 5.92 Å². The van der Waals surface area contributed by atoms with Gasteiger partial charge in [0.15, 0.2) is 17.3 Å². The second kappa shape index (κ2) is 10.2. The van der Waals surface area contributed by atoms with E-state index in [9.17, 15) is 9.59 Å². The van der Waals surface area contributed by atoms with Crippen LogP contribution in [0.2, 0.25) is 0 Å². The van der Waals surface area contributed by atoms with E-state index in [0.717, 1.165) is 0 Å². The second-order valence-electron chi connectivity index (χ2n) is 6.60. The fourth-order valence-corrected chi connectivity index (χ4v) is 3.18. The maximum Gasteiger partial charge on any atom is 0.253 e. The lowest BCUT2D eigenvalue weighted by Gasteiger charge is -2.19. The van der Waals surface area contributed by atoms with Crippen LogP contribution in [0.4, 0.5) is 5.69 Å². The van der Waals surface area contributed by atoms with Gasteiger partial charge < -0.3 is 14.2 Å². The van der Waals surface area contributed by atoms with Crippen LogP contribution in [0, 0.1) is 0 Å². The molecule has 2 N–H and O–H groups in total. The monoisotopic (exact) mass is 420 g/mol. The third-order valence-electron chi connectivity index (χ3n) is 4.71. The van der Waals surface area contributed by atoms with Crippen molar-refractivity contribution in [1.29, 1.82) is 0 Å². The van der Waals surface area contributed by atoms with Crippen LogP contribution in [0.15, 0.2) is 72.8 Å². The van der Waals surface area contributed by atoms with Crippen LogP contribution in [-0.2, 0) is 4.79 Å². The number of Topliss-reactive ketones (excluding diaryl/α,β-unsaturated/α-hetero) is 1. The molecule has 0 aliphatic rings. The van der Waals surface area contributed by atoms with Gasteiger partial charge in [-0.25, -0.2) is 0 Å². The molecule has 160 valence electrons. The molecule has 0 bridgehead atoms. The lowest BCUT2D eigenvalue weighted by molar-refractivity contribution is -0.121. The molecule has 7 nitrogen and oxygen atoms in total. The molecule has 1 atom stereocenters. The number of carbonyl (C=O) groups is 2. The van der Waals surface area contributed by atoms with Gasteiger partial charge in [0, 0.05) is 5.56 Å². The normalized spacial score (nSPS) is 11.2. The van der Waals surface area contributed by atoms with E-state index in [1.165, 1.54) is 33.5 Å². The minimum Gasteiger partial charge on any atom is -0.493 e. The second-order valence-corrected chi connectivity index (χ2v) is 6.60. The summed E-state index contributed by atoms with van der Waals surface area (Å²) < 4.78 is 16.0. The van der Waals surface area contributed by atoms with Crippen LogP contribution >= 0.6 is 0 Å². The number of anilines is 1. The van der Waals surface area contributed by atoms with Crippen molar-refractivity contribution < 1.29 is 23.8 Å². The summed E-state index contributed by atoms with van der Waals surface area (Å²) in [7, 11) is 4.42. The van der Waals surface area contributed by atoms with E-state index in [-0.39, 0.29) is 5.56 Å². The number of hydrazine groups is 1. The maximum absolute atomic E-state index is 13.5. The van der Waals surface area contributed by atoms with E-state index in [4.69, 9.17) is 14.2 Å². The molecule has 3 rings (SSSR count). The van der Waals surface area contributed by atoms with Gasteiger partial charge in [0.05, 0.1) is 27.0 Å². The van der Waals surface area contributed by atoms with Gasteiger partial charge in [0.1, 0.15) is 5.92 Å². The largest absolute Gasteiger partial charge is 0.493 e. The van der Waals surface area contributed by atoms with Crippen molar-refractivity contribution in [2.24, 2.45) is 0 Å². The highest BCUT2D eigenvalue weighted by Gasteiger charge is 2.31. The molecule has 7 heteroatoms. The van der Waals surface area contributed by atoms with Gasteiger partial charge >= 0.3 is 0 Å². The summed E-state index contributed by atoms with van der Waals surface area (Å²) >= 11 is 0. The number of para-hydroxylation sites is 1. The number of nitrogens with one attached hydrogen (secondary N) is 2. The number of methoxy groups -OCH3 is 3. The third-order valence-corrected chi connectivity index (χ3v) is 4.71. The maximum atomic E-state index is 13.5. The Hall–Kier alpha value is -4.00. The topological polar surface area (TPSA) is 85.9 Å². The Morgan fingerprint density at radius 2 is 1.32 bits per heavy atom. The van der Waals surface area contributed by atoms with Crippen LogP contribution in [0.5, 0.6) is 17.2 Å². The average molecular weight is 420 g/mol. The van der Waals surface area contributed by atoms with Gasteiger partial charge in [0.25, 0.3) is 5.91 Å². The Morgan fingerprint density at radius 1 is 0.774 bits per heavy atom. The highest BCUT2D eigenvalue weighted by atomic mass is 16.5. The van der Waals surface area contributed by atoms with Crippen LogP contribution in [0.3, 0.4) is 0 Å². The van der Waals surface area contributed by atoms with E-state index >= 15 is 0 Å². The first-order valence-corrected chi connectivity index (χ1v) is 9.59. The summed E-state index contributed by atoms with van der Waals surface area (Å²) in [5, 5.41) is 0. The van der Waals surface area contributed by atoms with Crippen molar-refractivity contribution in [3.05, 3.63) is 83.9 Å². The van der Waals surface area contributed by atoms with Crippen molar-refractivity contribution in [3.63, 3.8) is 0 Å². The summed E-state index contributed by atoms with van der Waals surface area (Å²) in [6.45, 7) is 0. The van der Waals surface area contributed by atoms with Crippen molar-refractivity contribution in [2.75, 3.05) is 26.8 Å².